The fourth-order valence-electron chi connectivity index (χ4n) is 2.11. The second-order valence-electron chi connectivity index (χ2n) is 5.23. The maximum absolute atomic E-state index is 4.57. The third-order valence-electron chi connectivity index (χ3n) is 3.23. The first-order valence-electron chi connectivity index (χ1n) is 6.68. The van der Waals surface area contributed by atoms with Gasteiger partial charge >= 0.3 is 0 Å². The van der Waals surface area contributed by atoms with Crippen molar-refractivity contribution in [2.24, 2.45) is 5.92 Å². The third-order valence-corrected chi connectivity index (χ3v) is 3.23. The first-order valence-corrected chi connectivity index (χ1v) is 6.68. The molecule has 1 saturated heterocycles. The molecule has 2 heterocycles. The lowest BCUT2D eigenvalue weighted by atomic mass is 10.2. The van der Waals surface area contributed by atoms with Gasteiger partial charge in [0.15, 0.2) is 0 Å². The Morgan fingerprint density at radius 3 is 3.00 bits per heavy atom. The molecule has 100 valence electrons. The summed E-state index contributed by atoms with van der Waals surface area (Å²) in [5, 5.41) is 6.59. The highest BCUT2D eigenvalue weighted by Crippen LogP contribution is 2.18. The summed E-state index contributed by atoms with van der Waals surface area (Å²) in [7, 11) is 2.02. The van der Waals surface area contributed by atoms with Crippen LogP contribution in [0, 0.1) is 5.92 Å². The largest absolute Gasteiger partial charge is 0.355 e. The van der Waals surface area contributed by atoms with Crippen molar-refractivity contribution in [2.75, 3.05) is 36.9 Å². The molecule has 1 aromatic rings. The van der Waals surface area contributed by atoms with Gasteiger partial charge in [-0.2, -0.15) is 4.98 Å². The van der Waals surface area contributed by atoms with Gasteiger partial charge in [0.1, 0.15) is 5.82 Å². The highest BCUT2D eigenvalue weighted by Gasteiger charge is 2.22. The molecule has 0 saturated carbocycles. The van der Waals surface area contributed by atoms with Gasteiger partial charge in [0, 0.05) is 31.9 Å². The first-order chi connectivity index (χ1) is 8.69. The number of aromatic nitrogens is 2. The Kier molecular flexibility index (Phi) is 4.36. The van der Waals surface area contributed by atoms with Crippen molar-refractivity contribution in [1.29, 1.82) is 0 Å². The van der Waals surface area contributed by atoms with E-state index in [4.69, 9.17) is 0 Å². The van der Waals surface area contributed by atoms with E-state index in [2.05, 4.69) is 39.3 Å². The lowest BCUT2D eigenvalue weighted by Gasteiger charge is -2.18. The summed E-state index contributed by atoms with van der Waals surface area (Å²) in [5.74, 6) is 2.35. The van der Waals surface area contributed by atoms with Gasteiger partial charge in [-0.1, -0.05) is 13.8 Å². The SMILES string of the molecule is CN[C@H]1CCN(c2ccnc(NCC(C)C)n2)C1. The summed E-state index contributed by atoms with van der Waals surface area (Å²) < 4.78 is 0. The highest BCUT2D eigenvalue weighted by atomic mass is 15.3. The second-order valence-corrected chi connectivity index (χ2v) is 5.23. The van der Waals surface area contributed by atoms with Gasteiger partial charge in [0.25, 0.3) is 0 Å². The lowest BCUT2D eigenvalue weighted by Crippen LogP contribution is -2.30. The molecule has 18 heavy (non-hydrogen) atoms. The number of anilines is 2. The Labute approximate surface area is 109 Å². The molecule has 5 heteroatoms. The molecule has 1 aliphatic heterocycles. The molecule has 0 unspecified atom stereocenters. The lowest BCUT2D eigenvalue weighted by molar-refractivity contribution is 0.616. The van der Waals surface area contributed by atoms with E-state index in [0.717, 1.165) is 31.4 Å². The van der Waals surface area contributed by atoms with Crippen LogP contribution in [0.25, 0.3) is 0 Å². The number of hydrogen-bond acceptors (Lipinski definition) is 5. The van der Waals surface area contributed by atoms with Crippen LogP contribution in [0.4, 0.5) is 11.8 Å². The van der Waals surface area contributed by atoms with Crippen LogP contribution in [0.15, 0.2) is 12.3 Å². The molecule has 1 aliphatic rings. The minimum atomic E-state index is 0.576. The van der Waals surface area contributed by atoms with E-state index in [0.29, 0.717) is 12.0 Å². The fourth-order valence-corrected chi connectivity index (χ4v) is 2.11. The Hall–Kier alpha value is -1.36. The zero-order valence-corrected chi connectivity index (χ0v) is 11.5. The maximum Gasteiger partial charge on any atom is 0.224 e. The van der Waals surface area contributed by atoms with Crippen molar-refractivity contribution in [3.05, 3.63) is 12.3 Å². The molecule has 0 bridgehead atoms. The van der Waals surface area contributed by atoms with Crippen molar-refractivity contribution < 1.29 is 0 Å². The topological polar surface area (TPSA) is 53.1 Å². The van der Waals surface area contributed by atoms with Gasteiger partial charge in [0.2, 0.25) is 5.95 Å². The molecule has 1 atom stereocenters. The molecule has 0 spiro atoms. The summed E-state index contributed by atoms with van der Waals surface area (Å²) in [5.41, 5.74) is 0. The van der Waals surface area contributed by atoms with Crippen LogP contribution in [-0.4, -0.2) is 42.7 Å². The molecule has 2 rings (SSSR count). The van der Waals surface area contributed by atoms with Crippen LogP contribution in [-0.2, 0) is 0 Å². The molecule has 0 amide bonds. The van der Waals surface area contributed by atoms with Crippen LogP contribution in [0.1, 0.15) is 20.3 Å². The average Bonchev–Trinajstić information content (AvgIpc) is 2.85. The maximum atomic E-state index is 4.57. The summed E-state index contributed by atoms with van der Waals surface area (Å²) in [4.78, 5) is 11.1. The predicted octanol–water partition coefficient (Wildman–Crippen LogP) is 1.34. The molecule has 0 aromatic carbocycles. The van der Waals surface area contributed by atoms with E-state index in [1.54, 1.807) is 0 Å². The van der Waals surface area contributed by atoms with Gasteiger partial charge in [-0.15, -0.1) is 0 Å². The van der Waals surface area contributed by atoms with Crippen molar-refractivity contribution >= 4 is 11.8 Å². The van der Waals surface area contributed by atoms with Crippen molar-refractivity contribution in [3.8, 4) is 0 Å². The van der Waals surface area contributed by atoms with E-state index in [1.807, 2.05) is 19.3 Å². The van der Waals surface area contributed by atoms with Gasteiger partial charge in [0.05, 0.1) is 0 Å². The average molecular weight is 249 g/mol. The standard InChI is InChI=1S/C13H23N5/c1-10(2)8-16-13-15-6-4-12(17-13)18-7-5-11(9-18)14-3/h4,6,10-11,14H,5,7-9H2,1-3H3,(H,15,16,17)/t11-/m0/s1. The zero-order valence-electron chi connectivity index (χ0n) is 11.5. The molecule has 0 radical (unpaired) electrons. The van der Waals surface area contributed by atoms with E-state index >= 15 is 0 Å². The van der Waals surface area contributed by atoms with Gasteiger partial charge < -0.3 is 15.5 Å². The van der Waals surface area contributed by atoms with Gasteiger partial charge in [-0.05, 0) is 25.5 Å². The Bertz CT molecular complexity index is 379. The van der Waals surface area contributed by atoms with Crippen LogP contribution < -0.4 is 15.5 Å². The number of nitrogens with one attached hydrogen (secondary N) is 2. The van der Waals surface area contributed by atoms with Gasteiger partial charge in [-0.3, -0.25) is 0 Å². The molecule has 2 N–H and O–H groups in total. The first kappa shape index (κ1) is 13.1. The van der Waals surface area contributed by atoms with Gasteiger partial charge in [-0.25, -0.2) is 4.98 Å². The smallest absolute Gasteiger partial charge is 0.224 e. The Morgan fingerprint density at radius 1 is 1.50 bits per heavy atom. The monoisotopic (exact) mass is 249 g/mol. The molecular formula is C13H23N5. The fraction of sp³-hybridized carbons (Fsp3) is 0.692. The Morgan fingerprint density at radius 2 is 2.33 bits per heavy atom. The van der Waals surface area contributed by atoms with Crippen LogP contribution in [0.5, 0.6) is 0 Å². The van der Waals surface area contributed by atoms with Crippen LogP contribution >= 0.6 is 0 Å². The quantitative estimate of drug-likeness (QED) is 0.825. The van der Waals surface area contributed by atoms with E-state index in [1.165, 1.54) is 6.42 Å². The summed E-state index contributed by atoms with van der Waals surface area (Å²) >= 11 is 0. The number of hydrogen-bond donors (Lipinski definition) is 2. The zero-order chi connectivity index (χ0) is 13.0. The predicted molar refractivity (Wildman–Crippen MR) is 75.0 cm³/mol. The summed E-state index contributed by atoms with van der Waals surface area (Å²) in [6.45, 7) is 7.34. The van der Waals surface area contributed by atoms with E-state index < -0.39 is 0 Å². The minimum Gasteiger partial charge on any atom is -0.355 e. The molecule has 5 nitrogen and oxygen atoms in total. The second kappa shape index (κ2) is 6.00. The molecule has 0 aliphatic carbocycles. The summed E-state index contributed by atoms with van der Waals surface area (Å²) in [6, 6.07) is 2.56. The normalized spacial score (nSPS) is 19.6. The van der Waals surface area contributed by atoms with Crippen LogP contribution in [0.2, 0.25) is 0 Å². The minimum absolute atomic E-state index is 0.576. The number of rotatable bonds is 5. The number of likely N-dealkylation sites (N-methyl/N-ethyl adjacent to an activating group) is 1. The summed E-state index contributed by atoms with van der Waals surface area (Å²) in [6.07, 6.45) is 3.01. The Balaban J connectivity index is 1.99. The molecular weight excluding hydrogens is 226 g/mol. The van der Waals surface area contributed by atoms with E-state index in [-0.39, 0.29) is 0 Å². The molecule has 1 fully saturated rings. The molecule has 1 aromatic heterocycles. The van der Waals surface area contributed by atoms with Crippen molar-refractivity contribution in [1.82, 2.24) is 15.3 Å². The van der Waals surface area contributed by atoms with Crippen LogP contribution in [0.3, 0.4) is 0 Å². The highest BCUT2D eigenvalue weighted by molar-refractivity contribution is 5.43. The van der Waals surface area contributed by atoms with Crippen molar-refractivity contribution in [3.63, 3.8) is 0 Å². The van der Waals surface area contributed by atoms with E-state index in [9.17, 15) is 0 Å². The third kappa shape index (κ3) is 3.32. The number of nitrogens with zero attached hydrogens (tertiary/aromatic N) is 3. The van der Waals surface area contributed by atoms with Crippen molar-refractivity contribution in [2.45, 2.75) is 26.3 Å².